The van der Waals surface area contributed by atoms with Crippen molar-refractivity contribution < 1.29 is 4.74 Å². The van der Waals surface area contributed by atoms with E-state index in [2.05, 4.69) is 56.0 Å². The summed E-state index contributed by atoms with van der Waals surface area (Å²) >= 11 is 0. The second kappa shape index (κ2) is 6.57. The Hall–Kier alpha value is -2.10. The number of anilines is 1. The molecule has 4 nitrogen and oxygen atoms in total. The smallest absolute Gasteiger partial charge is 0.227 e. The van der Waals surface area contributed by atoms with E-state index in [1.54, 1.807) is 6.33 Å². The van der Waals surface area contributed by atoms with Gasteiger partial charge < -0.3 is 10.1 Å². The van der Waals surface area contributed by atoms with Crippen LogP contribution in [-0.2, 0) is 0 Å². The van der Waals surface area contributed by atoms with E-state index in [1.165, 1.54) is 11.1 Å². The molecule has 0 aliphatic carbocycles. The Balaban J connectivity index is 2.38. The third-order valence-electron chi connectivity index (χ3n) is 3.46. The first kappa shape index (κ1) is 15.3. The Kier molecular flexibility index (Phi) is 4.78. The van der Waals surface area contributed by atoms with Crippen LogP contribution in [-0.4, -0.2) is 16.5 Å². The van der Waals surface area contributed by atoms with Crippen molar-refractivity contribution in [1.82, 2.24) is 9.97 Å². The normalized spacial score (nSPS) is 10.8. The first-order chi connectivity index (χ1) is 10.0. The monoisotopic (exact) mass is 285 g/mol. The molecular weight excluding hydrogens is 262 g/mol. The van der Waals surface area contributed by atoms with E-state index in [0.717, 1.165) is 23.7 Å². The third-order valence-corrected chi connectivity index (χ3v) is 3.46. The Morgan fingerprint density at radius 1 is 1.14 bits per heavy atom. The van der Waals surface area contributed by atoms with Crippen molar-refractivity contribution in [3.8, 4) is 11.6 Å². The fraction of sp³-hybridized carbons (Fsp3) is 0.412. The number of nitrogens with zero attached hydrogens (tertiary/aromatic N) is 2. The summed E-state index contributed by atoms with van der Waals surface area (Å²) in [6.45, 7) is 11.3. The van der Waals surface area contributed by atoms with Gasteiger partial charge in [-0.05, 0) is 49.9 Å². The Morgan fingerprint density at radius 3 is 2.52 bits per heavy atom. The van der Waals surface area contributed by atoms with Crippen LogP contribution in [0.2, 0.25) is 0 Å². The lowest BCUT2D eigenvalue weighted by atomic mass is 10.1. The van der Waals surface area contributed by atoms with Gasteiger partial charge in [-0.1, -0.05) is 19.9 Å². The SMILES string of the molecule is CCNc1ncnc(Oc2ccc(C)c(C)c2)c1C(C)C. The average Bonchev–Trinajstić information content (AvgIpc) is 2.43. The highest BCUT2D eigenvalue weighted by molar-refractivity contribution is 5.51. The maximum absolute atomic E-state index is 6.00. The summed E-state index contributed by atoms with van der Waals surface area (Å²) in [4.78, 5) is 8.64. The molecule has 0 aliphatic rings. The van der Waals surface area contributed by atoms with Gasteiger partial charge in [0.1, 0.15) is 17.9 Å². The van der Waals surface area contributed by atoms with Crippen molar-refractivity contribution in [2.75, 3.05) is 11.9 Å². The molecule has 1 heterocycles. The molecule has 0 fully saturated rings. The third kappa shape index (κ3) is 3.51. The van der Waals surface area contributed by atoms with Gasteiger partial charge in [-0.25, -0.2) is 9.97 Å². The molecule has 0 aliphatic heterocycles. The number of ether oxygens (including phenoxy) is 1. The van der Waals surface area contributed by atoms with E-state index < -0.39 is 0 Å². The van der Waals surface area contributed by atoms with Crippen molar-refractivity contribution in [2.24, 2.45) is 0 Å². The summed E-state index contributed by atoms with van der Waals surface area (Å²) in [5.41, 5.74) is 3.47. The molecule has 1 aromatic heterocycles. The summed E-state index contributed by atoms with van der Waals surface area (Å²) in [5, 5.41) is 3.27. The minimum absolute atomic E-state index is 0.279. The summed E-state index contributed by atoms with van der Waals surface area (Å²) < 4.78 is 6.00. The maximum Gasteiger partial charge on any atom is 0.227 e. The molecule has 0 bridgehead atoms. The molecule has 1 N–H and O–H groups in total. The van der Waals surface area contributed by atoms with Crippen LogP contribution in [0.15, 0.2) is 24.5 Å². The van der Waals surface area contributed by atoms with Gasteiger partial charge in [0, 0.05) is 6.54 Å². The molecule has 0 saturated heterocycles. The van der Waals surface area contributed by atoms with Crippen LogP contribution in [0.4, 0.5) is 5.82 Å². The number of aromatic nitrogens is 2. The molecular formula is C17H23N3O. The lowest BCUT2D eigenvalue weighted by Crippen LogP contribution is -2.07. The molecule has 1 aromatic carbocycles. The second-order valence-corrected chi connectivity index (χ2v) is 5.47. The molecule has 0 atom stereocenters. The largest absolute Gasteiger partial charge is 0.439 e. The Labute approximate surface area is 126 Å². The van der Waals surface area contributed by atoms with Gasteiger partial charge in [0.2, 0.25) is 5.88 Å². The molecule has 112 valence electrons. The van der Waals surface area contributed by atoms with Gasteiger partial charge in [-0.3, -0.25) is 0 Å². The lowest BCUT2D eigenvalue weighted by molar-refractivity contribution is 0.451. The van der Waals surface area contributed by atoms with Gasteiger partial charge in [-0.2, -0.15) is 0 Å². The fourth-order valence-electron chi connectivity index (χ4n) is 2.18. The van der Waals surface area contributed by atoms with Gasteiger partial charge >= 0.3 is 0 Å². The first-order valence-electron chi connectivity index (χ1n) is 7.36. The first-order valence-corrected chi connectivity index (χ1v) is 7.36. The number of benzene rings is 1. The predicted octanol–water partition coefficient (Wildman–Crippen LogP) is 4.44. The number of nitrogens with one attached hydrogen (secondary N) is 1. The van der Waals surface area contributed by atoms with Gasteiger partial charge in [0.15, 0.2) is 0 Å². The maximum atomic E-state index is 6.00. The number of aryl methyl sites for hydroxylation is 2. The molecule has 0 spiro atoms. The van der Waals surface area contributed by atoms with Crippen LogP contribution in [0.5, 0.6) is 11.6 Å². The summed E-state index contributed by atoms with van der Waals surface area (Å²) in [7, 11) is 0. The minimum atomic E-state index is 0.279. The zero-order chi connectivity index (χ0) is 15.4. The van der Waals surface area contributed by atoms with Crippen LogP contribution in [0.3, 0.4) is 0 Å². The zero-order valence-corrected chi connectivity index (χ0v) is 13.4. The molecule has 0 saturated carbocycles. The van der Waals surface area contributed by atoms with Crippen molar-refractivity contribution in [2.45, 2.75) is 40.5 Å². The van der Waals surface area contributed by atoms with Crippen molar-refractivity contribution >= 4 is 5.82 Å². The number of rotatable bonds is 5. The Morgan fingerprint density at radius 2 is 1.90 bits per heavy atom. The molecule has 2 aromatic rings. The Bertz CT molecular complexity index is 623. The van der Waals surface area contributed by atoms with Crippen molar-refractivity contribution in [3.05, 3.63) is 41.2 Å². The van der Waals surface area contributed by atoms with E-state index in [1.807, 2.05) is 12.1 Å². The van der Waals surface area contributed by atoms with Crippen molar-refractivity contribution in [3.63, 3.8) is 0 Å². The molecule has 0 amide bonds. The van der Waals surface area contributed by atoms with Crippen LogP contribution in [0, 0.1) is 13.8 Å². The topological polar surface area (TPSA) is 47.0 Å². The quantitative estimate of drug-likeness (QED) is 0.882. The molecule has 0 radical (unpaired) electrons. The molecule has 21 heavy (non-hydrogen) atoms. The fourth-order valence-corrected chi connectivity index (χ4v) is 2.18. The summed E-state index contributed by atoms with van der Waals surface area (Å²) in [6, 6.07) is 6.07. The van der Waals surface area contributed by atoms with E-state index in [4.69, 9.17) is 4.74 Å². The van der Waals surface area contributed by atoms with Crippen LogP contribution in [0.25, 0.3) is 0 Å². The van der Waals surface area contributed by atoms with Gasteiger partial charge in [0.25, 0.3) is 0 Å². The van der Waals surface area contributed by atoms with Crippen LogP contribution >= 0.6 is 0 Å². The highest BCUT2D eigenvalue weighted by Gasteiger charge is 2.16. The standard InChI is InChI=1S/C17H23N3O/c1-6-18-16-15(11(2)3)17(20-10-19-16)21-14-8-7-12(4)13(5)9-14/h7-11H,6H2,1-5H3,(H,18,19,20). The number of hydrogen-bond donors (Lipinski definition) is 1. The van der Waals surface area contributed by atoms with E-state index in [9.17, 15) is 0 Å². The predicted molar refractivity (Wildman–Crippen MR) is 86.3 cm³/mol. The van der Waals surface area contributed by atoms with E-state index >= 15 is 0 Å². The molecule has 0 unspecified atom stereocenters. The van der Waals surface area contributed by atoms with Gasteiger partial charge in [0.05, 0.1) is 5.56 Å². The van der Waals surface area contributed by atoms with Crippen molar-refractivity contribution in [1.29, 1.82) is 0 Å². The number of hydrogen-bond acceptors (Lipinski definition) is 4. The lowest BCUT2D eigenvalue weighted by Gasteiger charge is -2.16. The molecule has 4 heteroatoms. The van der Waals surface area contributed by atoms with Crippen LogP contribution < -0.4 is 10.1 Å². The second-order valence-electron chi connectivity index (χ2n) is 5.47. The zero-order valence-electron chi connectivity index (χ0n) is 13.4. The molecule has 2 rings (SSSR count). The highest BCUT2D eigenvalue weighted by Crippen LogP contribution is 2.33. The highest BCUT2D eigenvalue weighted by atomic mass is 16.5. The minimum Gasteiger partial charge on any atom is -0.439 e. The average molecular weight is 285 g/mol. The van der Waals surface area contributed by atoms with E-state index in [-0.39, 0.29) is 5.92 Å². The summed E-state index contributed by atoms with van der Waals surface area (Å²) in [6.07, 6.45) is 1.54. The van der Waals surface area contributed by atoms with E-state index in [0.29, 0.717) is 5.88 Å². The summed E-state index contributed by atoms with van der Waals surface area (Å²) in [5.74, 6) is 2.56. The van der Waals surface area contributed by atoms with Crippen LogP contribution in [0.1, 0.15) is 43.4 Å². The van der Waals surface area contributed by atoms with Gasteiger partial charge in [-0.15, -0.1) is 0 Å².